The van der Waals surface area contributed by atoms with Crippen molar-refractivity contribution < 1.29 is 29.9 Å². The first kappa shape index (κ1) is 19.5. The minimum Gasteiger partial charge on any atom is -0.462 e. The van der Waals surface area contributed by atoms with Crippen LogP contribution in [0.25, 0.3) is 11.1 Å². The molecular weight excluding hydrogens is 451 g/mol. The molecule has 7 heteroatoms. The van der Waals surface area contributed by atoms with Crippen molar-refractivity contribution in [3.05, 3.63) is 51.6 Å². The van der Waals surface area contributed by atoms with Gasteiger partial charge in [-0.3, -0.25) is 0 Å². The monoisotopic (exact) mass is 472 g/mol. The molecule has 0 radical (unpaired) electrons. The molecule has 2 aromatic rings. The fourth-order valence-electron chi connectivity index (χ4n) is 2.92. The van der Waals surface area contributed by atoms with Gasteiger partial charge in [-0.15, -0.1) is 0 Å². The van der Waals surface area contributed by atoms with Crippen molar-refractivity contribution in [3.63, 3.8) is 0 Å². The van der Waals surface area contributed by atoms with E-state index in [0.29, 0.717) is 5.75 Å². The van der Waals surface area contributed by atoms with Crippen LogP contribution in [0.5, 0.6) is 5.75 Å². The van der Waals surface area contributed by atoms with Gasteiger partial charge in [0.25, 0.3) is 0 Å². The van der Waals surface area contributed by atoms with Gasteiger partial charge in [0.1, 0.15) is 30.2 Å². The van der Waals surface area contributed by atoms with Crippen LogP contribution in [0.3, 0.4) is 0 Å². The van der Waals surface area contributed by atoms with Crippen molar-refractivity contribution in [3.8, 4) is 16.9 Å². The summed E-state index contributed by atoms with van der Waals surface area (Å²) in [5.41, 5.74) is 2.94. The Morgan fingerprint density at radius 1 is 1.00 bits per heavy atom. The second kappa shape index (κ2) is 8.20. The van der Waals surface area contributed by atoms with Gasteiger partial charge in [0, 0.05) is 3.57 Å². The summed E-state index contributed by atoms with van der Waals surface area (Å²) in [4.78, 5) is 0. The van der Waals surface area contributed by atoms with Crippen molar-refractivity contribution in [1.29, 1.82) is 0 Å². The van der Waals surface area contributed by atoms with Crippen LogP contribution in [0.1, 0.15) is 5.56 Å². The molecule has 1 aliphatic heterocycles. The van der Waals surface area contributed by atoms with Crippen molar-refractivity contribution in [1.82, 2.24) is 0 Å². The van der Waals surface area contributed by atoms with Crippen molar-refractivity contribution in [2.45, 2.75) is 37.6 Å². The lowest BCUT2D eigenvalue weighted by Gasteiger charge is -2.39. The summed E-state index contributed by atoms with van der Waals surface area (Å²) in [6, 6.07) is 13.7. The molecule has 1 heterocycles. The van der Waals surface area contributed by atoms with E-state index in [1.807, 2.05) is 37.3 Å². The van der Waals surface area contributed by atoms with E-state index >= 15 is 0 Å². The van der Waals surface area contributed by atoms with E-state index in [4.69, 9.17) is 9.47 Å². The summed E-state index contributed by atoms with van der Waals surface area (Å²) >= 11 is 2.26. The largest absolute Gasteiger partial charge is 0.462 e. The Morgan fingerprint density at radius 3 is 2.38 bits per heavy atom. The first-order chi connectivity index (χ1) is 12.4. The summed E-state index contributed by atoms with van der Waals surface area (Å²) in [6.07, 6.45) is -6.48. The van der Waals surface area contributed by atoms with E-state index in [9.17, 15) is 20.4 Å². The highest BCUT2D eigenvalue weighted by molar-refractivity contribution is 14.1. The maximum absolute atomic E-state index is 10.1. The maximum Gasteiger partial charge on any atom is 0.229 e. The van der Waals surface area contributed by atoms with Crippen molar-refractivity contribution >= 4 is 22.6 Å². The molecule has 1 aliphatic rings. The van der Waals surface area contributed by atoms with Crippen LogP contribution in [-0.4, -0.2) is 57.7 Å². The minimum atomic E-state index is -1.46. The lowest BCUT2D eigenvalue weighted by Crippen LogP contribution is -2.60. The summed E-state index contributed by atoms with van der Waals surface area (Å²) in [6.45, 7) is 1.38. The number of hydrogen-bond donors (Lipinski definition) is 4. The normalized spacial score (nSPS) is 28.8. The second-order valence-electron chi connectivity index (χ2n) is 6.31. The lowest BCUT2D eigenvalue weighted by molar-refractivity contribution is -0.277. The molecule has 5 atom stereocenters. The fourth-order valence-corrected chi connectivity index (χ4v) is 3.46. The molecule has 140 valence electrons. The van der Waals surface area contributed by atoms with Gasteiger partial charge >= 0.3 is 0 Å². The fraction of sp³-hybridized carbons (Fsp3) is 0.368. The highest BCUT2D eigenvalue weighted by Gasteiger charge is 2.44. The molecule has 0 amide bonds. The molecule has 1 fully saturated rings. The third-order valence-electron chi connectivity index (χ3n) is 4.42. The summed E-state index contributed by atoms with van der Waals surface area (Å²) < 4.78 is 12.2. The summed E-state index contributed by atoms with van der Waals surface area (Å²) in [5, 5.41) is 39.0. The van der Waals surface area contributed by atoms with Crippen LogP contribution in [0.15, 0.2) is 42.5 Å². The number of aliphatic hydroxyl groups excluding tert-OH is 4. The predicted molar refractivity (Wildman–Crippen MR) is 104 cm³/mol. The van der Waals surface area contributed by atoms with Gasteiger partial charge in [-0.25, -0.2) is 0 Å². The third kappa shape index (κ3) is 4.03. The van der Waals surface area contributed by atoms with Crippen LogP contribution in [-0.2, 0) is 4.74 Å². The van der Waals surface area contributed by atoms with Crippen molar-refractivity contribution in [2.24, 2.45) is 0 Å². The summed E-state index contributed by atoms with van der Waals surface area (Å²) in [5.74, 6) is 0.490. The van der Waals surface area contributed by atoms with Crippen LogP contribution in [0.2, 0.25) is 0 Å². The Labute approximate surface area is 165 Å². The van der Waals surface area contributed by atoms with Crippen LogP contribution in [0, 0.1) is 10.5 Å². The Bertz CT molecular complexity index is 765. The lowest BCUT2D eigenvalue weighted by atomic mass is 9.99. The van der Waals surface area contributed by atoms with Crippen molar-refractivity contribution in [2.75, 3.05) is 6.61 Å². The molecule has 4 N–H and O–H groups in total. The Morgan fingerprint density at radius 2 is 1.73 bits per heavy atom. The highest BCUT2D eigenvalue weighted by atomic mass is 127. The zero-order valence-electron chi connectivity index (χ0n) is 14.1. The molecule has 0 aliphatic carbocycles. The smallest absolute Gasteiger partial charge is 0.229 e. The average molecular weight is 472 g/mol. The maximum atomic E-state index is 10.1. The number of rotatable bonds is 4. The third-order valence-corrected chi connectivity index (χ3v) is 5.10. The molecule has 3 rings (SSSR count). The Balaban J connectivity index is 1.80. The number of benzene rings is 2. The molecule has 0 saturated carbocycles. The van der Waals surface area contributed by atoms with Gasteiger partial charge in [-0.05, 0) is 70.5 Å². The SMILES string of the molecule is Cc1cc(-c2cccc(I)c2)ccc1OC1OC(CO)C(O)C(O)C1O. The van der Waals surface area contributed by atoms with E-state index < -0.39 is 37.3 Å². The average Bonchev–Trinajstić information content (AvgIpc) is 2.63. The molecule has 2 aromatic carbocycles. The zero-order chi connectivity index (χ0) is 18.8. The van der Waals surface area contributed by atoms with E-state index in [-0.39, 0.29) is 0 Å². The van der Waals surface area contributed by atoms with E-state index in [1.54, 1.807) is 6.07 Å². The van der Waals surface area contributed by atoms with E-state index in [1.165, 1.54) is 0 Å². The number of hydrogen-bond acceptors (Lipinski definition) is 6. The first-order valence-corrected chi connectivity index (χ1v) is 9.32. The van der Waals surface area contributed by atoms with Crippen LogP contribution < -0.4 is 4.74 Å². The standard InChI is InChI=1S/C19H21IO6/c1-10-7-12(11-3-2-4-13(20)8-11)5-6-14(10)25-19-18(24)17(23)16(22)15(9-21)26-19/h2-8,15-19,21-24H,9H2,1H3. The molecular formula is C19H21IO6. The number of aryl methyl sites for hydroxylation is 1. The van der Waals surface area contributed by atoms with Gasteiger partial charge in [-0.2, -0.15) is 0 Å². The minimum absolute atomic E-state index is 0.490. The van der Waals surface area contributed by atoms with Gasteiger partial charge in [0.15, 0.2) is 0 Å². The zero-order valence-corrected chi connectivity index (χ0v) is 16.3. The Hall–Kier alpha value is -1.23. The Kier molecular flexibility index (Phi) is 6.16. The van der Waals surface area contributed by atoms with Gasteiger partial charge in [0.2, 0.25) is 6.29 Å². The quantitative estimate of drug-likeness (QED) is 0.503. The second-order valence-corrected chi connectivity index (χ2v) is 7.55. The van der Waals surface area contributed by atoms with Crippen LogP contribution in [0.4, 0.5) is 0 Å². The molecule has 0 bridgehead atoms. The molecule has 1 saturated heterocycles. The van der Waals surface area contributed by atoms with Gasteiger partial charge < -0.3 is 29.9 Å². The molecule has 5 unspecified atom stereocenters. The van der Waals surface area contributed by atoms with E-state index in [0.717, 1.165) is 20.3 Å². The first-order valence-electron chi connectivity index (χ1n) is 8.24. The molecule has 6 nitrogen and oxygen atoms in total. The highest BCUT2D eigenvalue weighted by Crippen LogP contribution is 2.30. The molecule has 26 heavy (non-hydrogen) atoms. The summed E-state index contributed by atoms with van der Waals surface area (Å²) in [7, 11) is 0. The van der Waals surface area contributed by atoms with E-state index in [2.05, 4.69) is 28.7 Å². The number of aliphatic hydroxyl groups is 4. The van der Waals surface area contributed by atoms with Gasteiger partial charge in [-0.1, -0.05) is 18.2 Å². The molecule has 0 spiro atoms. The number of ether oxygens (including phenoxy) is 2. The van der Waals surface area contributed by atoms with Gasteiger partial charge in [0.05, 0.1) is 6.61 Å². The van der Waals surface area contributed by atoms with Crippen LogP contribution >= 0.6 is 22.6 Å². The molecule has 0 aromatic heterocycles. The number of halogens is 1. The topological polar surface area (TPSA) is 99.4 Å². The predicted octanol–water partition coefficient (Wildman–Crippen LogP) is 1.45.